The van der Waals surface area contributed by atoms with Crippen LogP contribution in [-0.2, 0) is 0 Å². The summed E-state index contributed by atoms with van der Waals surface area (Å²) >= 11 is 0. The highest BCUT2D eigenvalue weighted by Crippen LogP contribution is 2.10. The van der Waals surface area contributed by atoms with Gasteiger partial charge in [-0.2, -0.15) is 0 Å². The predicted molar refractivity (Wildman–Crippen MR) is 62.6 cm³/mol. The van der Waals surface area contributed by atoms with Gasteiger partial charge in [-0.3, -0.25) is 4.90 Å². The summed E-state index contributed by atoms with van der Waals surface area (Å²) in [5, 5.41) is 3.47. The molecule has 0 saturated carbocycles. The van der Waals surface area contributed by atoms with E-state index in [1.54, 1.807) is 11.1 Å². The maximum Gasteiger partial charge on any atom is 0.0193 e. The van der Waals surface area contributed by atoms with Crippen LogP contribution in [0.15, 0.2) is 11.1 Å². The van der Waals surface area contributed by atoms with Crippen molar-refractivity contribution in [1.82, 2.24) is 10.2 Å². The summed E-state index contributed by atoms with van der Waals surface area (Å²) in [5.74, 6) is 0. The minimum absolute atomic E-state index is 0.651. The van der Waals surface area contributed by atoms with Crippen LogP contribution in [-0.4, -0.2) is 37.1 Å². The van der Waals surface area contributed by atoms with Crippen molar-refractivity contribution in [3.8, 4) is 0 Å². The Balaban J connectivity index is 2.43. The standard InChI is InChI=1S/C12H24N2/c1-5-10(2)11(3)8-14-7-6-13-12(4)9-14/h12-13H,5-9H2,1-4H3. The Labute approximate surface area is 88.4 Å². The van der Waals surface area contributed by atoms with Crippen molar-refractivity contribution in [3.05, 3.63) is 11.1 Å². The summed E-state index contributed by atoms with van der Waals surface area (Å²) in [5.41, 5.74) is 3.11. The average molecular weight is 196 g/mol. The smallest absolute Gasteiger partial charge is 0.0193 e. The Kier molecular flexibility index (Phi) is 4.63. The van der Waals surface area contributed by atoms with Gasteiger partial charge in [0.15, 0.2) is 0 Å². The molecule has 0 aliphatic carbocycles. The zero-order valence-electron chi connectivity index (χ0n) is 10.1. The molecule has 0 spiro atoms. The first kappa shape index (κ1) is 11.7. The van der Waals surface area contributed by atoms with Gasteiger partial charge in [0, 0.05) is 32.2 Å². The van der Waals surface area contributed by atoms with Crippen LogP contribution in [0.5, 0.6) is 0 Å². The van der Waals surface area contributed by atoms with E-state index >= 15 is 0 Å². The molecule has 0 bridgehead atoms. The second kappa shape index (κ2) is 5.52. The summed E-state index contributed by atoms with van der Waals surface area (Å²) in [6.45, 7) is 13.7. The molecule has 1 fully saturated rings. The molecule has 0 radical (unpaired) electrons. The van der Waals surface area contributed by atoms with Gasteiger partial charge in [-0.25, -0.2) is 0 Å². The molecular formula is C12H24N2. The van der Waals surface area contributed by atoms with Gasteiger partial charge >= 0.3 is 0 Å². The highest BCUT2D eigenvalue weighted by molar-refractivity contribution is 5.11. The summed E-state index contributed by atoms with van der Waals surface area (Å²) < 4.78 is 0. The minimum Gasteiger partial charge on any atom is -0.312 e. The van der Waals surface area contributed by atoms with E-state index < -0.39 is 0 Å². The number of rotatable bonds is 3. The fraction of sp³-hybridized carbons (Fsp3) is 0.833. The molecule has 82 valence electrons. The molecular weight excluding hydrogens is 172 g/mol. The molecule has 1 aliphatic heterocycles. The second-order valence-corrected chi connectivity index (χ2v) is 4.50. The summed E-state index contributed by atoms with van der Waals surface area (Å²) in [4.78, 5) is 2.55. The van der Waals surface area contributed by atoms with Gasteiger partial charge in [-0.05, 0) is 27.2 Å². The molecule has 14 heavy (non-hydrogen) atoms. The van der Waals surface area contributed by atoms with Gasteiger partial charge in [-0.1, -0.05) is 18.1 Å². The van der Waals surface area contributed by atoms with Gasteiger partial charge in [0.2, 0.25) is 0 Å². The number of piperazine rings is 1. The highest BCUT2D eigenvalue weighted by atomic mass is 15.2. The lowest BCUT2D eigenvalue weighted by Gasteiger charge is -2.32. The lowest BCUT2D eigenvalue weighted by Crippen LogP contribution is -2.49. The summed E-state index contributed by atoms with van der Waals surface area (Å²) in [7, 11) is 0. The van der Waals surface area contributed by atoms with Crippen LogP contribution in [0.2, 0.25) is 0 Å². The lowest BCUT2D eigenvalue weighted by molar-refractivity contribution is 0.222. The van der Waals surface area contributed by atoms with E-state index in [0.29, 0.717) is 6.04 Å². The zero-order valence-corrected chi connectivity index (χ0v) is 10.1. The van der Waals surface area contributed by atoms with Gasteiger partial charge < -0.3 is 5.32 Å². The van der Waals surface area contributed by atoms with E-state index in [-0.39, 0.29) is 0 Å². The van der Waals surface area contributed by atoms with Gasteiger partial charge in [-0.15, -0.1) is 0 Å². The van der Waals surface area contributed by atoms with E-state index in [4.69, 9.17) is 0 Å². The fourth-order valence-electron chi connectivity index (χ4n) is 1.93. The molecule has 0 aromatic heterocycles. The Morgan fingerprint density at radius 3 is 2.64 bits per heavy atom. The molecule has 1 saturated heterocycles. The maximum absolute atomic E-state index is 3.47. The van der Waals surface area contributed by atoms with E-state index in [2.05, 4.69) is 37.9 Å². The van der Waals surface area contributed by atoms with Crippen LogP contribution in [0, 0.1) is 0 Å². The third-order valence-electron chi connectivity index (χ3n) is 3.17. The number of hydrogen-bond donors (Lipinski definition) is 1. The van der Waals surface area contributed by atoms with E-state index in [1.165, 1.54) is 19.5 Å². The van der Waals surface area contributed by atoms with Crippen LogP contribution >= 0.6 is 0 Å². The molecule has 2 heteroatoms. The van der Waals surface area contributed by atoms with Gasteiger partial charge in [0.25, 0.3) is 0 Å². The topological polar surface area (TPSA) is 15.3 Å². The molecule has 1 aliphatic rings. The average Bonchev–Trinajstić information content (AvgIpc) is 2.16. The fourth-order valence-corrected chi connectivity index (χ4v) is 1.93. The molecule has 1 N–H and O–H groups in total. The van der Waals surface area contributed by atoms with Gasteiger partial charge in [0.1, 0.15) is 0 Å². The largest absolute Gasteiger partial charge is 0.312 e. The molecule has 0 aromatic rings. The number of nitrogens with one attached hydrogen (secondary N) is 1. The number of nitrogens with zero attached hydrogens (tertiary/aromatic N) is 1. The Bertz CT molecular complexity index is 208. The molecule has 1 heterocycles. The summed E-state index contributed by atoms with van der Waals surface area (Å²) in [6.07, 6.45) is 1.19. The molecule has 1 unspecified atom stereocenters. The van der Waals surface area contributed by atoms with Crippen LogP contribution in [0.3, 0.4) is 0 Å². The second-order valence-electron chi connectivity index (χ2n) is 4.50. The normalized spacial score (nSPS) is 26.1. The first-order valence-corrected chi connectivity index (χ1v) is 5.74. The zero-order chi connectivity index (χ0) is 10.6. The molecule has 0 amide bonds. The lowest BCUT2D eigenvalue weighted by atomic mass is 10.1. The molecule has 1 rings (SSSR count). The summed E-state index contributed by atoms with van der Waals surface area (Å²) in [6, 6.07) is 0.651. The first-order valence-electron chi connectivity index (χ1n) is 5.74. The number of hydrogen-bond acceptors (Lipinski definition) is 2. The maximum atomic E-state index is 3.47. The van der Waals surface area contributed by atoms with Crippen LogP contribution in [0.25, 0.3) is 0 Å². The molecule has 2 nitrogen and oxygen atoms in total. The van der Waals surface area contributed by atoms with Gasteiger partial charge in [0.05, 0.1) is 0 Å². The highest BCUT2D eigenvalue weighted by Gasteiger charge is 2.15. The predicted octanol–water partition coefficient (Wildman–Crippen LogP) is 2.03. The van der Waals surface area contributed by atoms with E-state index in [9.17, 15) is 0 Å². The molecule has 0 aromatic carbocycles. The quantitative estimate of drug-likeness (QED) is 0.695. The van der Waals surface area contributed by atoms with Crippen molar-refractivity contribution in [2.45, 2.75) is 40.2 Å². The minimum atomic E-state index is 0.651. The van der Waals surface area contributed by atoms with E-state index in [1.807, 2.05) is 0 Å². The van der Waals surface area contributed by atoms with Crippen molar-refractivity contribution < 1.29 is 0 Å². The van der Waals surface area contributed by atoms with Crippen molar-refractivity contribution in [2.75, 3.05) is 26.2 Å². The van der Waals surface area contributed by atoms with Crippen molar-refractivity contribution in [1.29, 1.82) is 0 Å². The molecule has 1 atom stereocenters. The SMILES string of the molecule is CCC(C)=C(C)CN1CCNC(C)C1. The van der Waals surface area contributed by atoms with Crippen molar-refractivity contribution in [2.24, 2.45) is 0 Å². The van der Waals surface area contributed by atoms with Crippen molar-refractivity contribution >= 4 is 0 Å². The van der Waals surface area contributed by atoms with Crippen molar-refractivity contribution in [3.63, 3.8) is 0 Å². The van der Waals surface area contributed by atoms with E-state index in [0.717, 1.165) is 13.1 Å². The Morgan fingerprint density at radius 2 is 2.07 bits per heavy atom. The van der Waals surface area contributed by atoms with Crippen LogP contribution in [0.1, 0.15) is 34.1 Å². The third kappa shape index (κ3) is 3.43. The Morgan fingerprint density at radius 1 is 1.36 bits per heavy atom. The third-order valence-corrected chi connectivity index (χ3v) is 3.17. The Hall–Kier alpha value is -0.340. The number of allylic oxidation sites excluding steroid dienone is 1. The van der Waals surface area contributed by atoms with Crippen LogP contribution < -0.4 is 5.32 Å². The monoisotopic (exact) mass is 196 g/mol. The van der Waals surface area contributed by atoms with Crippen LogP contribution in [0.4, 0.5) is 0 Å². The first-order chi connectivity index (χ1) is 6.63.